The van der Waals surface area contributed by atoms with Crippen LogP contribution in [0.4, 0.5) is 0 Å². The van der Waals surface area contributed by atoms with Crippen LogP contribution in [0.3, 0.4) is 0 Å². The summed E-state index contributed by atoms with van der Waals surface area (Å²) in [6, 6.07) is 8.32. The standard InChI is InChI=1S/C15H18ClNOS/c1-17(9-10-6-12(16)7-10)15(18)14-8-11-4-2-3-5-13(11)19-14/h2-5,10,12,14H,6-9H2,1H3. The minimum absolute atomic E-state index is 0.0641. The van der Waals surface area contributed by atoms with Crippen LogP contribution in [0.5, 0.6) is 0 Å². The van der Waals surface area contributed by atoms with Crippen molar-refractivity contribution in [1.29, 1.82) is 0 Å². The molecule has 2 nitrogen and oxygen atoms in total. The van der Waals surface area contributed by atoms with E-state index in [9.17, 15) is 4.79 Å². The number of hydrogen-bond donors (Lipinski definition) is 0. The summed E-state index contributed by atoms with van der Waals surface area (Å²) in [7, 11) is 1.92. The molecule has 1 aliphatic heterocycles. The molecule has 4 heteroatoms. The van der Waals surface area contributed by atoms with E-state index >= 15 is 0 Å². The Bertz CT molecular complexity index is 462. The Morgan fingerprint density at radius 1 is 1.42 bits per heavy atom. The predicted octanol–water partition coefficient (Wildman–Crippen LogP) is 3.18. The monoisotopic (exact) mass is 295 g/mol. The number of rotatable bonds is 3. The number of thioether (sulfide) groups is 1. The Labute approximate surface area is 123 Å². The molecule has 0 aromatic heterocycles. The van der Waals surface area contributed by atoms with E-state index in [1.165, 1.54) is 10.5 Å². The lowest BCUT2D eigenvalue weighted by atomic mass is 9.84. The van der Waals surface area contributed by atoms with Gasteiger partial charge in [0.05, 0.1) is 5.25 Å². The van der Waals surface area contributed by atoms with E-state index < -0.39 is 0 Å². The Balaban J connectivity index is 1.57. The summed E-state index contributed by atoms with van der Waals surface area (Å²) < 4.78 is 0. The van der Waals surface area contributed by atoms with Gasteiger partial charge in [-0.15, -0.1) is 23.4 Å². The van der Waals surface area contributed by atoms with E-state index in [1.807, 2.05) is 24.1 Å². The third kappa shape index (κ3) is 2.77. The average molecular weight is 296 g/mol. The maximum atomic E-state index is 12.4. The molecule has 2 aliphatic rings. The van der Waals surface area contributed by atoms with Crippen molar-refractivity contribution in [3.8, 4) is 0 Å². The van der Waals surface area contributed by atoms with E-state index in [4.69, 9.17) is 11.6 Å². The van der Waals surface area contributed by atoms with Crippen LogP contribution in [0, 0.1) is 5.92 Å². The Morgan fingerprint density at radius 3 is 2.84 bits per heavy atom. The van der Waals surface area contributed by atoms with Gasteiger partial charge in [0.1, 0.15) is 0 Å². The fourth-order valence-corrected chi connectivity index (χ4v) is 4.66. The molecule has 102 valence electrons. The highest BCUT2D eigenvalue weighted by molar-refractivity contribution is 8.01. The van der Waals surface area contributed by atoms with Crippen LogP contribution in [-0.2, 0) is 11.2 Å². The molecular weight excluding hydrogens is 278 g/mol. The van der Waals surface area contributed by atoms with Crippen molar-refractivity contribution in [2.75, 3.05) is 13.6 Å². The largest absolute Gasteiger partial charge is 0.345 e. The molecule has 1 atom stereocenters. The minimum atomic E-state index is 0.0641. The van der Waals surface area contributed by atoms with Crippen LogP contribution < -0.4 is 0 Å². The summed E-state index contributed by atoms with van der Waals surface area (Å²) in [5, 5.41) is 0.396. The molecular formula is C15H18ClNOS. The molecule has 19 heavy (non-hydrogen) atoms. The van der Waals surface area contributed by atoms with Crippen LogP contribution in [0.1, 0.15) is 18.4 Å². The number of benzene rings is 1. The molecule has 1 amide bonds. The van der Waals surface area contributed by atoms with E-state index in [2.05, 4.69) is 12.1 Å². The number of nitrogens with zero attached hydrogens (tertiary/aromatic N) is 1. The molecule has 1 aliphatic carbocycles. The van der Waals surface area contributed by atoms with Crippen LogP contribution in [0.2, 0.25) is 0 Å². The lowest BCUT2D eigenvalue weighted by Crippen LogP contribution is -2.41. The average Bonchev–Trinajstić information content (AvgIpc) is 2.79. The molecule has 1 heterocycles. The lowest BCUT2D eigenvalue weighted by molar-refractivity contribution is -0.130. The third-order valence-electron chi connectivity index (χ3n) is 4.01. The van der Waals surface area contributed by atoms with Crippen molar-refractivity contribution in [2.24, 2.45) is 5.92 Å². The number of amides is 1. The van der Waals surface area contributed by atoms with Crippen molar-refractivity contribution in [2.45, 2.75) is 34.8 Å². The third-order valence-corrected chi connectivity index (χ3v) is 5.67. The second-order valence-corrected chi connectivity index (χ2v) is 7.43. The first-order valence-electron chi connectivity index (χ1n) is 6.77. The van der Waals surface area contributed by atoms with Gasteiger partial charge in [-0.3, -0.25) is 4.79 Å². The van der Waals surface area contributed by atoms with Crippen LogP contribution in [-0.4, -0.2) is 35.0 Å². The summed E-state index contributed by atoms with van der Waals surface area (Å²) in [5.41, 5.74) is 1.31. The van der Waals surface area contributed by atoms with E-state index in [0.717, 1.165) is 25.8 Å². The predicted molar refractivity (Wildman–Crippen MR) is 79.8 cm³/mol. The first kappa shape index (κ1) is 13.3. The first-order chi connectivity index (χ1) is 9.13. The fourth-order valence-electron chi connectivity index (χ4n) is 2.85. The van der Waals surface area contributed by atoms with Gasteiger partial charge in [-0.1, -0.05) is 18.2 Å². The van der Waals surface area contributed by atoms with Gasteiger partial charge < -0.3 is 4.90 Å². The molecule has 3 rings (SSSR count). The maximum absolute atomic E-state index is 12.4. The van der Waals surface area contributed by atoms with Crippen molar-refractivity contribution in [1.82, 2.24) is 4.90 Å². The number of alkyl halides is 1. The van der Waals surface area contributed by atoms with E-state index in [0.29, 0.717) is 11.3 Å². The van der Waals surface area contributed by atoms with Gasteiger partial charge in [0, 0.05) is 23.9 Å². The minimum Gasteiger partial charge on any atom is -0.345 e. The van der Waals surface area contributed by atoms with Crippen LogP contribution in [0.25, 0.3) is 0 Å². The zero-order chi connectivity index (χ0) is 13.4. The van der Waals surface area contributed by atoms with Gasteiger partial charge in [0.2, 0.25) is 5.91 Å². The summed E-state index contributed by atoms with van der Waals surface area (Å²) in [6.45, 7) is 0.857. The van der Waals surface area contributed by atoms with Gasteiger partial charge in [0.15, 0.2) is 0 Å². The molecule has 0 radical (unpaired) electrons. The Kier molecular flexibility index (Phi) is 3.77. The van der Waals surface area contributed by atoms with Crippen molar-refractivity contribution in [3.63, 3.8) is 0 Å². The number of halogens is 1. The molecule has 1 fully saturated rings. The molecule has 1 unspecified atom stereocenters. The van der Waals surface area contributed by atoms with Gasteiger partial charge in [-0.05, 0) is 36.8 Å². The second-order valence-electron chi connectivity index (χ2n) is 5.57. The number of carbonyl (C=O) groups excluding carboxylic acids is 1. The lowest BCUT2D eigenvalue weighted by Gasteiger charge is -2.34. The van der Waals surface area contributed by atoms with Gasteiger partial charge >= 0.3 is 0 Å². The van der Waals surface area contributed by atoms with Crippen LogP contribution in [0.15, 0.2) is 29.2 Å². The highest BCUT2D eigenvalue weighted by Crippen LogP contribution is 2.38. The SMILES string of the molecule is CN(CC1CC(Cl)C1)C(=O)C1Cc2ccccc2S1. The molecule has 1 saturated carbocycles. The Hall–Kier alpha value is -0.670. The van der Waals surface area contributed by atoms with Crippen molar-refractivity contribution in [3.05, 3.63) is 29.8 Å². The number of fused-ring (bicyclic) bond motifs is 1. The highest BCUT2D eigenvalue weighted by atomic mass is 35.5. The normalized spacial score (nSPS) is 28.6. The Morgan fingerprint density at radius 2 is 2.16 bits per heavy atom. The quantitative estimate of drug-likeness (QED) is 0.798. The number of carbonyl (C=O) groups is 1. The van der Waals surface area contributed by atoms with Gasteiger partial charge in [-0.25, -0.2) is 0 Å². The van der Waals surface area contributed by atoms with Gasteiger partial charge in [0.25, 0.3) is 0 Å². The molecule has 0 N–H and O–H groups in total. The van der Waals surface area contributed by atoms with Crippen molar-refractivity contribution < 1.29 is 4.79 Å². The summed E-state index contributed by atoms with van der Waals surface area (Å²) in [5.74, 6) is 0.865. The molecule has 0 spiro atoms. The maximum Gasteiger partial charge on any atom is 0.236 e. The van der Waals surface area contributed by atoms with E-state index in [1.54, 1.807) is 11.8 Å². The summed E-state index contributed by atoms with van der Waals surface area (Å²) >= 11 is 7.70. The zero-order valence-corrected chi connectivity index (χ0v) is 12.6. The summed E-state index contributed by atoms with van der Waals surface area (Å²) in [4.78, 5) is 15.6. The smallest absolute Gasteiger partial charge is 0.236 e. The summed E-state index contributed by atoms with van der Waals surface area (Å²) in [6.07, 6.45) is 2.97. The molecule has 0 saturated heterocycles. The highest BCUT2D eigenvalue weighted by Gasteiger charge is 2.33. The van der Waals surface area contributed by atoms with E-state index in [-0.39, 0.29) is 11.2 Å². The second kappa shape index (κ2) is 5.37. The number of hydrogen-bond acceptors (Lipinski definition) is 2. The molecule has 1 aromatic carbocycles. The molecule has 1 aromatic rings. The molecule has 0 bridgehead atoms. The topological polar surface area (TPSA) is 20.3 Å². The van der Waals surface area contributed by atoms with Crippen LogP contribution >= 0.6 is 23.4 Å². The van der Waals surface area contributed by atoms with Gasteiger partial charge in [-0.2, -0.15) is 0 Å². The zero-order valence-electron chi connectivity index (χ0n) is 11.0. The fraction of sp³-hybridized carbons (Fsp3) is 0.533. The first-order valence-corrected chi connectivity index (χ1v) is 8.08. The van der Waals surface area contributed by atoms with Crippen molar-refractivity contribution >= 4 is 29.3 Å².